The fourth-order valence-electron chi connectivity index (χ4n) is 1.97. The number of rotatable bonds is 5. The molecule has 19 heavy (non-hydrogen) atoms. The molecule has 3 nitrogen and oxygen atoms in total. The molecule has 0 saturated carbocycles. The maximum absolute atomic E-state index is 11.6. The van der Waals surface area contributed by atoms with Crippen molar-refractivity contribution >= 4 is 5.97 Å². The van der Waals surface area contributed by atoms with Gasteiger partial charge in [0.1, 0.15) is 5.60 Å². The van der Waals surface area contributed by atoms with Gasteiger partial charge in [-0.15, -0.1) is 0 Å². The number of carbonyl (C=O) groups is 1. The van der Waals surface area contributed by atoms with E-state index in [1.165, 1.54) is 11.1 Å². The normalized spacial score (nSPS) is 13.1. The van der Waals surface area contributed by atoms with Crippen LogP contribution in [0, 0.1) is 6.92 Å². The van der Waals surface area contributed by atoms with Crippen LogP contribution in [-0.4, -0.2) is 18.1 Å². The van der Waals surface area contributed by atoms with Gasteiger partial charge >= 0.3 is 5.97 Å². The molecule has 0 heterocycles. The fourth-order valence-corrected chi connectivity index (χ4v) is 1.97. The van der Waals surface area contributed by atoms with E-state index in [-0.39, 0.29) is 12.0 Å². The van der Waals surface area contributed by atoms with Gasteiger partial charge < -0.3 is 10.1 Å². The number of benzene rings is 1. The summed E-state index contributed by atoms with van der Waals surface area (Å²) in [6.07, 6.45) is 0.396. The highest BCUT2D eigenvalue weighted by Gasteiger charge is 2.16. The first kappa shape index (κ1) is 15.7. The van der Waals surface area contributed by atoms with Gasteiger partial charge in [-0.3, -0.25) is 4.79 Å². The van der Waals surface area contributed by atoms with Crippen molar-refractivity contribution in [2.24, 2.45) is 0 Å². The van der Waals surface area contributed by atoms with E-state index in [1.807, 2.05) is 32.9 Å². The van der Waals surface area contributed by atoms with E-state index in [2.05, 4.69) is 31.3 Å². The summed E-state index contributed by atoms with van der Waals surface area (Å²) >= 11 is 0. The molecule has 1 unspecified atom stereocenters. The van der Waals surface area contributed by atoms with E-state index >= 15 is 0 Å². The molecule has 1 rings (SSSR count). The third-order valence-corrected chi connectivity index (χ3v) is 2.85. The van der Waals surface area contributed by atoms with Crippen LogP contribution in [0.4, 0.5) is 0 Å². The summed E-state index contributed by atoms with van der Waals surface area (Å²) in [6, 6.07) is 8.52. The number of carbonyl (C=O) groups excluding carboxylic acids is 1. The molecule has 1 aromatic carbocycles. The summed E-state index contributed by atoms with van der Waals surface area (Å²) in [7, 11) is 0. The van der Waals surface area contributed by atoms with E-state index in [9.17, 15) is 4.79 Å². The second-order valence-corrected chi connectivity index (χ2v) is 5.87. The quantitative estimate of drug-likeness (QED) is 0.828. The Morgan fingerprint density at radius 1 is 1.32 bits per heavy atom. The highest BCUT2D eigenvalue weighted by Crippen LogP contribution is 2.16. The second kappa shape index (κ2) is 6.71. The van der Waals surface area contributed by atoms with Crippen LogP contribution in [0.2, 0.25) is 0 Å². The lowest BCUT2D eigenvalue weighted by Crippen LogP contribution is -2.28. The van der Waals surface area contributed by atoms with Crippen molar-refractivity contribution in [2.75, 3.05) is 6.54 Å². The van der Waals surface area contributed by atoms with Crippen molar-refractivity contribution < 1.29 is 9.53 Å². The fraction of sp³-hybridized carbons (Fsp3) is 0.562. The Balaban J connectivity index is 2.38. The molecule has 0 bridgehead atoms. The van der Waals surface area contributed by atoms with Crippen molar-refractivity contribution in [1.82, 2.24) is 5.32 Å². The molecule has 0 spiro atoms. The molecule has 0 aliphatic heterocycles. The van der Waals surface area contributed by atoms with Crippen molar-refractivity contribution in [3.05, 3.63) is 35.4 Å². The molecule has 0 aliphatic carbocycles. The van der Waals surface area contributed by atoms with Crippen LogP contribution < -0.4 is 5.32 Å². The molecule has 3 heteroatoms. The minimum absolute atomic E-state index is 0.156. The highest BCUT2D eigenvalue weighted by molar-refractivity contribution is 5.70. The standard InChI is InChI=1S/C16H25NO2/c1-12-8-6-7-9-14(12)13(2)17-11-10-15(18)19-16(3,4)5/h6-9,13,17H,10-11H2,1-5H3. The average molecular weight is 263 g/mol. The van der Waals surface area contributed by atoms with E-state index < -0.39 is 5.60 Å². The molecule has 0 aliphatic rings. The monoisotopic (exact) mass is 263 g/mol. The predicted octanol–water partition coefficient (Wildman–Crippen LogP) is 3.38. The second-order valence-electron chi connectivity index (χ2n) is 5.87. The zero-order valence-electron chi connectivity index (χ0n) is 12.6. The van der Waals surface area contributed by atoms with Crippen LogP contribution >= 0.6 is 0 Å². The SMILES string of the molecule is Cc1ccccc1C(C)NCCC(=O)OC(C)(C)C. The van der Waals surface area contributed by atoms with Crippen molar-refractivity contribution in [1.29, 1.82) is 0 Å². The third kappa shape index (κ3) is 5.88. The third-order valence-electron chi connectivity index (χ3n) is 2.85. The Morgan fingerprint density at radius 2 is 1.95 bits per heavy atom. The lowest BCUT2D eigenvalue weighted by atomic mass is 10.0. The number of hydrogen-bond donors (Lipinski definition) is 1. The van der Waals surface area contributed by atoms with Gasteiger partial charge in [-0.05, 0) is 45.7 Å². The van der Waals surface area contributed by atoms with Gasteiger partial charge in [-0.1, -0.05) is 24.3 Å². The van der Waals surface area contributed by atoms with Crippen LogP contribution in [-0.2, 0) is 9.53 Å². The Morgan fingerprint density at radius 3 is 2.53 bits per heavy atom. The lowest BCUT2D eigenvalue weighted by molar-refractivity contribution is -0.154. The predicted molar refractivity (Wildman–Crippen MR) is 78.1 cm³/mol. The van der Waals surface area contributed by atoms with Crippen LogP contribution in [0.15, 0.2) is 24.3 Å². The molecule has 106 valence electrons. The minimum Gasteiger partial charge on any atom is -0.460 e. The molecule has 1 atom stereocenters. The number of ether oxygens (including phenoxy) is 1. The molecule has 1 N–H and O–H groups in total. The summed E-state index contributed by atoms with van der Waals surface area (Å²) in [5, 5.41) is 3.36. The van der Waals surface area contributed by atoms with E-state index in [4.69, 9.17) is 4.74 Å². The van der Waals surface area contributed by atoms with Crippen LogP contribution in [0.25, 0.3) is 0 Å². The first-order valence-electron chi connectivity index (χ1n) is 6.80. The van der Waals surface area contributed by atoms with Crippen LogP contribution in [0.1, 0.15) is 51.3 Å². The first-order valence-corrected chi connectivity index (χ1v) is 6.80. The Hall–Kier alpha value is -1.35. The smallest absolute Gasteiger partial charge is 0.307 e. The topological polar surface area (TPSA) is 38.3 Å². The summed E-state index contributed by atoms with van der Waals surface area (Å²) in [5.41, 5.74) is 2.13. The number of hydrogen-bond acceptors (Lipinski definition) is 3. The van der Waals surface area contributed by atoms with E-state index in [1.54, 1.807) is 0 Å². The van der Waals surface area contributed by atoms with Crippen LogP contribution in [0.3, 0.4) is 0 Å². The van der Waals surface area contributed by atoms with Gasteiger partial charge in [0.05, 0.1) is 6.42 Å². The molecule has 0 saturated heterocycles. The van der Waals surface area contributed by atoms with Crippen molar-refractivity contribution in [3.63, 3.8) is 0 Å². The first-order chi connectivity index (χ1) is 8.79. The zero-order valence-corrected chi connectivity index (χ0v) is 12.6. The molecule has 0 radical (unpaired) electrons. The summed E-state index contributed by atoms with van der Waals surface area (Å²) in [6.45, 7) is 10.5. The Labute approximate surface area is 116 Å². The molecule has 0 amide bonds. The van der Waals surface area contributed by atoms with Crippen molar-refractivity contribution in [3.8, 4) is 0 Å². The van der Waals surface area contributed by atoms with E-state index in [0.717, 1.165) is 0 Å². The molecular formula is C16H25NO2. The number of esters is 1. The van der Waals surface area contributed by atoms with Gasteiger partial charge in [0, 0.05) is 12.6 Å². The van der Waals surface area contributed by atoms with Gasteiger partial charge in [0.15, 0.2) is 0 Å². The largest absolute Gasteiger partial charge is 0.460 e. The van der Waals surface area contributed by atoms with Crippen molar-refractivity contribution in [2.45, 2.75) is 52.7 Å². The lowest BCUT2D eigenvalue weighted by Gasteiger charge is -2.20. The maximum Gasteiger partial charge on any atom is 0.307 e. The van der Waals surface area contributed by atoms with Gasteiger partial charge in [-0.25, -0.2) is 0 Å². The molecule has 1 aromatic rings. The summed E-state index contributed by atoms with van der Waals surface area (Å²) in [5.74, 6) is -0.156. The molecule has 0 aromatic heterocycles. The van der Waals surface area contributed by atoms with Gasteiger partial charge in [-0.2, -0.15) is 0 Å². The number of aryl methyl sites for hydroxylation is 1. The van der Waals surface area contributed by atoms with E-state index in [0.29, 0.717) is 13.0 Å². The molecule has 0 fully saturated rings. The minimum atomic E-state index is -0.404. The maximum atomic E-state index is 11.6. The van der Waals surface area contributed by atoms with Gasteiger partial charge in [0.25, 0.3) is 0 Å². The Kier molecular flexibility index (Phi) is 5.55. The van der Waals surface area contributed by atoms with Gasteiger partial charge in [0.2, 0.25) is 0 Å². The Bertz CT molecular complexity index is 421. The number of nitrogens with one attached hydrogen (secondary N) is 1. The summed E-state index contributed by atoms with van der Waals surface area (Å²) in [4.78, 5) is 11.6. The average Bonchev–Trinajstić information content (AvgIpc) is 2.26. The molecular weight excluding hydrogens is 238 g/mol. The zero-order chi connectivity index (χ0) is 14.5. The highest BCUT2D eigenvalue weighted by atomic mass is 16.6. The van der Waals surface area contributed by atoms with Crippen LogP contribution in [0.5, 0.6) is 0 Å². The summed E-state index contributed by atoms with van der Waals surface area (Å²) < 4.78 is 5.27.